The fraction of sp³-hybridized carbons (Fsp3) is 0.714. The SMILES string of the molecule is CN=C(NCCCOC)NCCc1c(C)nn(C)c1C. The summed E-state index contributed by atoms with van der Waals surface area (Å²) < 4.78 is 6.95. The molecule has 20 heavy (non-hydrogen) atoms. The van der Waals surface area contributed by atoms with Gasteiger partial charge < -0.3 is 15.4 Å². The van der Waals surface area contributed by atoms with Crippen molar-refractivity contribution in [3.05, 3.63) is 17.0 Å². The fourth-order valence-corrected chi connectivity index (χ4v) is 2.13. The molecule has 0 saturated heterocycles. The number of nitrogens with zero attached hydrogens (tertiary/aromatic N) is 3. The first-order chi connectivity index (χ1) is 9.60. The zero-order valence-electron chi connectivity index (χ0n) is 13.3. The van der Waals surface area contributed by atoms with Crippen LogP contribution in [-0.2, 0) is 18.2 Å². The quantitative estimate of drug-likeness (QED) is 0.440. The molecular formula is C14H27N5O. The predicted molar refractivity (Wildman–Crippen MR) is 82.2 cm³/mol. The Bertz CT molecular complexity index is 439. The average molecular weight is 281 g/mol. The molecule has 0 aromatic carbocycles. The first-order valence-electron chi connectivity index (χ1n) is 7.02. The van der Waals surface area contributed by atoms with Gasteiger partial charge in [-0.1, -0.05) is 0 Å². The molecule has 1 aromatic rings. The third-order valence-corrected chi connectivity index (χ3v) is 3.37. The molecule has 6 heteroatoms. The van der Waals surface area contributed by atoms with E-state index in [-0.39, 0.29) is 0 Å². The second kappa shape index (κ2) is 8.58. The lowest BCUT2D eigenvalue weighted by molar-refractivity contribution is 0.195. The maximum Gasteiger partial charge on any atom is 0.190 e. The number of rotatable bonds is 7. The Morgan fingerprint density at radius 1 is 1.30 bits per heavy atom. The number of methoxy groups -OCH3 is 1. The summed E-state index contributed by atoms with van der Waals surface area (Å²) in [6, 6.07) is 0. The van der Waals surface area contributed by atoms with Crippen molar-refractivity contribution in [2.24, 2.45) is 12.0 Å². The topological polar surface area (TPSA) is 63.5 Å². The third-order valence-electron chi connectivity index (χ3n) is 3.37. The molecule has 0 bridgehead atoms. The van der Waals surface area contributed by atoms with E-state index in [2.05, 4.69) is 34.6 Å². The summed E-state index contributed by atoms with van der Waals surface area (Å²) >= 11 is 0. The number of aliphatic imine (C=N–C) groups is 1. The number of hydrogen-bond donors (Lipinski definition) is 2. The van der Waals surface area contributed by atoms with Crippen molar-refractivity contribution in [3.8, 4) is 0 Å². The number of aryl methyl sites for hydroxylation is 2. The third kappa shape index (κ3) is 4.85. The van der Waals surface area contributed by atoms with E-state index < -0.39 is 0 Å². The average Bonchev–Trinajstić information content (AvgIpc) is 2.67. The Hall–Kier alpha value is -1.56. The van der Waals surface area contributed by atoms with Gasteiger partial charge in [0.15, 0.2) is 5.96 Å². The highest BCUT2D eigenvalue weighted by Gasteiger charge is 2.08. The molecule has 0 saturated carbocycles. The van der Waals surface area contributed by atoms with Gasteiger partial charge in [0, 0.05) is 46.6 Å². The number of nitrogens with one attached hydrogen (secondary N) is 2. The molecule has 1 aromatic heterocycles. The van der Waals surface area contributed by atoms with E-state index >= 15 is 0 Å². The standard InChI is InChI=1S/C14H27N5O/c1-11-13(12(2)19(4)18-11)7-9-17-14(15-3)16-8-6-10-20-5/h6-10H2,1-5H3,(H2,15,16,17). The van der Waals surface area contributed by atoms with Crippen LogP contribution in [0.1, 0.15) is 23.4 Å². The lowest BCUT2D eigenvalue weighted by Crippen LogP contribution is -2.39. The molecule has 0 aliphatic heterocycles. The fourth-order valence-electron chi connectivity index (χ4n) is 2.13. The largest absolute Gasteiger partial charge is 0.385 e. The number of hydrogen-bond acceptors (Lipinski definition) is 3. The van der Waals surface area contributed by atoms with Gasteiger partial charge in [-0.05, 0) is 32.3 Å². The van der Waals surface area contributed by atoms with Crippen LogP contribution in [-0.4, -0.2) is 49.6 Å². The number of ether oxygens (including phenoxy) is 1. The smallest absolute Gasteiger partial charge is 0.190 e. The molecular weight excluding hydrogens is 254 g/mol. The molecule has 6 nitrogen and oxygen atoms in total. The monoisotopic (exact) mass is 281 g/mol. The lowest BCUT2D eigenvalue weighted by Gasteiger charge is -2.11. The van der Waals surface area contributed by atoms with E-state index in [4.69, 9.17) is 4.74 Å². The highest BCUT2D eigenvalue weighted by Crippen LogP contribution is 2.11. The van der Waals surface area contributed by atoms with Gasteiger partial charge in [0.05, 0.1) is 5.69 Å². The molecule has 114 valence electrons. The van der Waals surface area contributed by atoms with Crippen molar-refractivity contribution >= 4 is 5.96 Å². The zero-order chi connectivity index (χ0) is 15.0. The van der Waals surface area contributed by atoms with Crippen molar-refractivity contribution in [1.29, 1.82) is 0 Å². The van der Waals surface area contributed by atoms with Crippen molar-refractivity contribution in [2.75, 3.05) is 33.9 Å². The van der Waals surface area contributed by atoms with E-state index in [9.17, 15) is 0 Å². The molecule has 0 radical (unpaired) electrons. The Balaban J connectivity index is 2.34. The first kappa shape index (κ1) is 16.5. The molecule has 2 N–H and O–H groups in total. The van der Waals surface area contributed by atoms with Crippen LogP contribution < -0.4 is 10.6 Å². The second-order valence-electron chi connectivity index (χ2n) is 4.80. The van der Waals surface area contributed by atoms with Crippen LogP contribution in [0.5, 0.6) is 0 Å². The van der Waals surface area contributed by atoms with Crippen LogP contribution in [0.4, 0.5) is 0 Å². The number of guanidine groups is 1. The molecule has 0 amide bonds. The van der Waals surface area contributed by atoms with Crippen LogP contribution in [0, 0.1) is 13.8 Å². The molecule has 0 unspecified atom stereocenters. The van der Waals surface area contributed by atoms with Crippen LogP contribution in [0.25, 0.3) is 0 Å². The van der Waals surface area contributed by atoms with Gasteiger partial charge >= 0.3 is 0 Å². The van der Waals surface area contributed by atoms with Crippen LogP contribution in [0.3, 0.4) is 0 Å². The van der Waals surface area contributed by atoms with Crippen LogP contribution in [0.15, 0.2) is 4.99 Å². The van der Waals surface area contributed by atoms with Crippen molar-refractivity contribution in [3.63, 3.8) is 0 Å². The van der Waals surface area contributed by atoms with Crippen molar-refractivity contribution in [1.82, 2.24) is 20.4 Å². The minimum atomic E-state index is 0.762. The molecule has 0 spiro atoms. The van der Waals surface area contributed by atoms with Gasteiger partial charge in [0.2, 0.25) is 0 Å². The molecule has 1 heterocycles. The van der Waals surface area contributed by atoms with Gasteiger partial charge in [-0.3, -0.25) is 9.67 Å². The normalized spacial score (nSPS) is 11.8. The van der Waals surface area contributed by atoms with E-state index in [0.717, 1.165) is 44.2 Å². The highest BCUT2D eigenvalue weighted by molar-refractivity contribution is 5.79. The first-order valence-corrected chi connectivity index (χ1v) is 7.02. The predicted octanol–water partition coefficient (Wildman–Crippen LogP) is 0.781. The Morgan fingerprint density at radius 2 is 2.00 bits per heavy atom. The molecule has 0 aliphatic carbocycles. The van der Waals surface area contributed by atoms with Crippen LogP contribution >= 0.6 is 0 Å². The van der Waals surface area contributed by atoms with Gasteiger partial charge in [-0.15, -0.1) is 0 Å². The summed E-state index contributed by atoms with van der Waals surface area (Å²) in [5, 5.41) is 11.0. The minimum absolute atomic E-state index is 0.762. The second-order valence-corrected chi connectivity index (χ2v) is 4.80. The molecule has 1 rings (SSSR count). The summed E-state index contributed by atoms with van der Waals surface area (Å²) in [7, 11) is 5.48. The zero-order valence-corrected chi connectivity index (χ0v) is 13.3. The van der Waals surface area contributed by atoms with Gasteiger partial charge in [0.1, 0.15) is 0 Å². The van der Waals surface area contributed by atoms with Gasteiger partial charge in [-0.25, -0.2) is 0 Å². The minimum Gasteiger partial charge on any atom is -0.385 e. The summed E-state index contributed by atoms with van der Waals surface area (Å²) in [4.78, 5) is 4.20. The summed E-state index contributed by atoms with van der Waals surface area (Å²) in [5.41, 5.74) is 3.65. The summed E-state index contributed by atoms with van der Waals surface area (Å²) in [5.74, 6) is 0.834. The van der Waals surface area contributed by atoms with Gasteiger partial charge in [0.25, 0.3) is 0 Å². The van der Waals surface area contributed by atoms with Crippen LogP contribution in [0.2, 0.25) is 0 Å². The van der Waals surface area contributed by atoms with Gasteiger partial charge in [-0.2, -0.15) is 5.10 Å². The van der Waals surface area contributed by atoms with E-state index in [1.807, 2.05) is 11.7 Å². The maximum absolute atomic E-state index is 5.02. The molecule has 0 fully saturated rings. The Kier molecular flexibility index (Phi) is 7.08. The lowest BCUT2D eigenvalue weighted by atomic mass is 10.1. The Morgan fingerprint density at radius 3 is 2.55 bits per heavy atom. The maximum atomic E-state index is 5.02. The Labute approximate surface area is 121 Å². The van der Waals surface area contributed by atoms with E-state index in [1.54, 1.807) is 14.2 Å². The van der Waals surface area contributed by atoms with Crippen molar-refractivity contribution < 1.29 is 4.74 Å². The summed E-state index contributed by atoms with van der Waals surface area (Å²) in [6.07, 6.45) is 1.92. The highest BCUT2D eigenvalue weighted by atomic mass is 16.5. The molecule has 0 atom stereocenters. The summed E-state index contributed by atoms with van der Waals surface area (Å²) in [6.45, 7) is 6.63. The molecule has 0 aliphatic rings. The van der Waals surface area contributed by atoms with E-state index in [0.29, 0.717) is 0 Å². The van der Waals surface area contributed by atoms with Crippen molar-refractivity contribution in [2.45, 2.75) is 26.7 Å². The number of aromatic nitrogens is 2. The van der Waals surface area contributed by atoms with E-state index in [1.165, 1.54) is 11.3 Å².